The van der Waals surface area contributed by atoms with Gasteiger partial charge in [-0.15, -0.1) is 0 Å². The van der Waals surface area contributed by atoms with Gasteiger partial charge in [-0.2, -0.15) is 4.98 Å². The summed E-state index contributed by atoms with van der Waals surface area (Å²) in [5.41, 5.74) is 1.08. The Morgan fingerprint density at radius 1 is 1.42 bits per heavy atom. The first kappa shape index (κ1) is 12.2. The number of aromatic nitrogens is 4. The van der Waals surface area contributed by atoms with Gasteiger partial charge in [0.15, 0.2) is 5.82 Å². The van der Waals surface area contributed by atoms with Crippen molar-refractivity contribution in [1.29, 1.82) is 0 Å². The lowest BCUT2D eigenvalue weighted by Crippen LogP contribution is -2.31. The second kappa shape index (κ2) is 4.68. The van der Waals surface area contributed by atoms with Gasteiger partial charge in [0.1, 0.15) is 5.82 Å². The quantitative estimate of drug-likeness (QED) is 0.916. The summed E-state index contributed by atoms with van der Waals surface area (Å²) in [4.78, 5) is 8.86. The van der Waals surface area contributed by atoms with Gasteiger partial charge in [0.2, 0.25) is 0 Å². The minimum absolute atomic E-state index is 0.286. The Labute approximate surface area is 112 Å². The van der Waals surface area contributed by atoms with Crippen molar-refractivity contribution in [2.75, 3.05) is 5.32 Å². The second-order valence-corrected chi connectivity index (χ2v) is 5.44. The Morgan fingerprint density at radius 3 is 3.00 bits per heavy atom. The molecule has 102 valence electrons. The molecule has 1 atom stereocenters. The minimum Gasteiger partial charge on any atom is -0.333 e. The lowest BCUT2D eigenvalue weighted by Gasteiger charge is -2.23. The van der Waals surface area contributed by atoms with Crippen LogP contribution in [0.1, 0.15) is 43.5 Å². The predicted octanol–water partition coefficient (Wildman–Crippen LogP) is 2.12. The van der Waals surface area contributed by atoms with E-state index in [-0.39, 0.29) is 5.92 Å². The van der Waals surface area contributed by atoms with Crippen molar-refractivity contribution in [3.63, 3.8) is 0 Å². The summed E-state index contributed by atoms with van der Waals surface area (Å²) in [5, 5.41) is 7.28. The molecule has 0 saturated heterocycles. The summed E-state index contributed by atoms with van der Waals surface area (Å²) in [6.07, 6.45) is 4.11. The Hall–Kier alpha value is -1.85. The van der Waals surface area contributed by atoms with Gasteiger partial charge in [-0.05, 0) is 13.3 Å². The zero-order valence-corrected chi connectivity index (χ0v) is 11.6. The second-order valence-electron chi connectivity index (χ2n) is 5.44. The molecule has 1 N–H and O–H groups in total. The maximum atomic E-state index is 5.22. The van der Waals surface area contributed by atoms with Crippen molar-refractivity contribution in [2.24, 2.45) is 0 Å². The van der Waals surface area contributed by atoms with E-state index in [2.05, 4.69) is 45.1 Å². The fourth-order valence-electron chi connectivity index (χ4n) is 2.41. The lowest BCUT2D eigenvalue weighted by molar-refractivity contribution is 0.402. The Morgan fingerprint density at radius 2 is 2.26 bits per heavy atom. The van der Waals surface area contributed by atoms with Gasteiger partial charge in [0.25, 0.3) is 0 Å². The molecule has 0 radical (unpaired) electrons. The van der Waals surface area contributed by atoms with Crippen LogP contribution >= 0.6 is 0 Å². The monoisotopic (exact) mass is 261 g/mol. The molecular weight excluding hydrogens is 242 g/mol. The van der Waals surface area contributed by atoms with Crippen LogP contribution in [0.4, 0.5) is 6.01 Å². The largest absolute Gasteiger partial charge is 0.333 e. The molecule has 0 amide bonds. The summed E-state index contributed by atoms with van der Waals surface area (Å²) >= 11 is 0. The molecule has 0 spiro atoms. The van der Waals surface area contributed by atoms with Crippen LogP contribution in [0.5, 0.6) is 0 Å². The molecule has 3 heterocycles. The predicted molar refractivity (Wildman–Crippen MR) is 71.1 cm³/mol. The van der Waals surface area contributed by atoms with Crippen LogP contribution in [0.25, 0.3) is 0 Å². The average Bonchev–Trinajstić information content (AvgIpc) is 2.94. The normalized spacial score (nSPS) is 18.6. The fraction of sp³-hybridized carbons (Fsp3) is 0.615. The first-order chi connectivity index (χ1) is 9.11. The zero-order valence-electron chi connectivity index (χ0n) is 11.6. The summed E-state index contributed by atoms with van der Waals surface area (Å²) < 4.78 is 7.43. The average molecular weight is 261 g/mol. The molecule has 2 aromatic heterocycles. The van der Waals surface area contributed by atoms with Gasteiger partial charge in [0.05, 0.1) is 5.69 Å². The van der Waals surface area contributed by atoms with Crippen molar-refractivity contribution < 1.29 is 4.52 Å². The Kier molecular flexibility index (Phi) is 3.00. The number of nitrogens with zero attached hydrogens (tertiary/aromatic N) is 4. The number of nitrogens with one attached hydrogen (secondary N) is 1. The van der Waals surface area contributed by atoms with Crippen molar-refractivity contribution in [1.82, 2.24) is 19.7 Å². The maximum absolute atomic E-state index is 5.22. The van der Waals surface area contributed by atoms with E-state index in [1.54, 1.807) is 0 Å². The molecule has 2 aromatic rings. The van der Waals surface area contributed by atoms with Crippen LogP contribution in [-0.2, 0) is 13.0 Å². The molecule has 0 fully saturated rings. The summed E-state index contributed by atoms with van der Waals surface area (Å²) in [5.74, 6) is 2.20. The highest BCUT2D eigenvalue weighted by molar-refractivity contribution is 5.22. The van der Waals surface area contributed by atoms with Crippen molar-refractivity contribution in [3.05, 3.63) is 23.5 Å². The molecular formula is C13H19N5O. The summed E-state index contributed by atoms with van der Waals surface area (Å²) in [6.45, 7) is 7.03. The van der Waals surface area contributed by atoms with E-state index < -0.39 is 0 Å². The van der Waals surface area contributed by atoms with E-state index in [9.17, 15) is 0 Å². The van der Waals surface area contributed by atoms with Gasteiger partial charge in [-0.1, -0.05) is 19.0 Å². The Balaban J connectivity index is 1.68. The number of hydrogen-bond acceptors (Lipinski definition) is 5. The molecule has 0 saturated carbocycles. The third-order valence-corrected chi connectivity index (χ3v) is 3.40. The summed E-state index contributed by atoms with van der Waals surface area (Å²) in [6, 6.07) is 0.843. The molecule has 0 aliphatic carbocycles. The van der Waals surface area contributed by atoms with E-state index in [0.29, 0.717) is 12.1 Å². The smallest absolute Gasteiger partial charge is 0.321 e. The maximum Gasteiger partial charge on any atom is 0.321 e. The van der Waals surface area contributed by atoms with Crippen molar-refractivity contribution in [3.8, 4) is 0 Å². The third-order valence-electron chi connectivity index (χ3n) is 3.40. The molecule has 6 heteroatoms. The molecule has 3 rings (SSSR count). The summed E-state index contributed by atoms with van der Waals surface area (Å²) in [7, 11) is 0. The number of hydrogen-bond donors (Lipinski definition) is 1. The zero-order chi connectivity index (χ0) is 13.4. The lowest BCUT2D eigenvalue weighted by atomic mass is 10.1. The van der Waals surface area contributed by atoms with Gasteiger partial charge >= 0.3 is 6.01 Å². The van der Waals surface area contributed by atoms with Crippen molar-refractivity contribution in [2.45, 2.75) is 52.1 Å². The first-order valence-electron chi connectivity index (χ1n) is 6.74. The van der Waals surface area contributed by atoms with E-state index in [1.807, 2.05) is 6.92 Å². The SMILES string of the molecule is Cc1cn2c(n1)CC[C@H](Nc1nc(C(C)C)no1)C2. The van der Waals surface area contributed by atoms with Gasteiger partial charge < -0.3 is 14.4 Å². The first-order valence-corrected chi connectivity index (χ1v) is 6.74. The topological polar surface area (TPSA) is 68.8 Å². The molecule has 1 aliphatic heterocycles. The highest BCUT2D eigenvalue weighted by Crippen LogP contribution is 2.19. The number of aryl methyl sites for hydroxylation is 2. The van der Waals surface area contributed by atoms with E-state index >= 15 is 0 Å². The highest BCUT2D eigenvalue weighted by Gasteiger charge is 2.21. The van der Waals surface area contributed by atoms with E-state index in [4.69, 9.17) is 4.52 Å². The molecule has 0 aromatic carbocycles. The van der Waals surface area contributed by atoms with Crippen LogP contribution in [0.2, 0.25) is 0 Å². The van der Waals surface area contributed by atoms with Crippen LogP contribution in [0.15, 0.2) is 10.7 Å². The number of fused-ring (bicyclic) bond motifs is 1. The molecule has 1 aliphatic rings. The number of rotatable bonds is 3. The highest BCUT2D eigenvalue weighted by atomic mass is 16.5. The number of imidazole rings is 1. The molecule has 0 unspecified atom stereocenters. The number of anilines is 1. The third kappa shape index (κ3) is 2.47. The van der Waals surface area contributed by atoms with Crippen molar-refractivity contribution >= 4 is 6.01 Å². The molecule has 19 heavy (non-hydrogen) atoms. The van der Waals surface area contributed by atoms with Crippen LogP contribution in [0, 0.1) is 6.92 Å². The van der Waals surface area contributed by atoms with E-state index in [1.165, 1.54) is 5.82 Å². The fourth-order valence-corrected chi connectivity index (χ4v) is 2.41. The minimum atomic E-state index is 0.286. The van der Waals surface area contributed by atoms with Gasteiger partial charge in [-0.3, -0.25) is 0 Å². The van der Waals surface area contributed by atoms with Gasteiger partial charge in [-0.25, -0.2) is 4.98 Å². The van der Waals surface area contributed by atoms with E-state index in [0.717, 1.165) is 30.9 Å². The van der Waals surface area contributed by atoms with Crippen LogP contribution in [-0.4, -0.2) is 25.7 Å². The standard InChI is InChI=1S/C13H19N5O/c1-8(2)12-16-13(19-17-12)15-10-4-5-11-14-9(3)6-18(11)7-10/h6,8,10H,4-5,7H2,1-3H3,(H,15,16,17)/t10-/m0/s1. The van der Waals surface area contributed by atoms with Crippen LogP contribution < -0.4 is 5.32 Å². The Bertz CT molecular complexity index is 571. The van der Waals surface area contributed by atoms with Gasteiger partial charge in [0, 0.05) is 31.1 Å². The molecule has 0 bridgehead atoms. The molecule has 6 nitrogen and oxygen atoms in total. The van der Waals surface area contributed by atoms with Crippen LogP contribution in [0.3, 0.4) is 0 Å².